The first-order valence-electron chi connectivity index (χ1n) is 10.5. The van der Waals surface area contributed by atoms with Crippen LogP contribution in [0.3, 0.4) is 0 Å². The molecule has 0 bridgehead atoms. The van der Waals surface area contributed by atoms with Crippen molar-refractivity contribution in [3.63, 3.8) is 0 Å². The van der Waals surface area contributed by atoms with Crippen LogP contribution in [0.15, 0.2) is 11.2 Å². The predicted octanol–water partition coefficient (Wildman–Crippen LogP) is 3.54. The van der Waals surface area contributed by atoms with Gasteiger partial charge in [-0.15, -0.1) is 24.0 Å². The summed E-state index contributed by atoms with van der Waals surface area (Å²) in [5.41, 5.74) is 2.45. The van der Waals surface area contributed by atoms with Crippen LogP contribution >= 0.6 is 24.0 Å². The molecule has 1 fully saturated rings. The number of piperidine rings is 1. The van der Waals surface area contributed by atoms with Crippen molar-refractivity contribution in [2.45, 2.75) is 53.0 Å². The number of guanidine groups is 1. The van der Waals surface area contributed by atoms with E-state index < -0.39 is 0 Å². The lowest BCUT2D eigenvalue weighted by Crippen LogP contribution is -2.42. The van der Waals surface area contributed by atoms with Crippen LogP contribution < -0.4 is 5.32 Å². The van der Waals surface area contributed by atoms with Crippen molar-refractivity contribution in [2.75, 3.05) is 40.3 Å². The van der Waals surface area contributed by atoms with E-state index in [1.165, 1.54) is 37.3 Å². The maximum atomic E-state index is 4.61. The number of aryl methyl sites for hydroxylation is 1. The third-order valence-electron chi connectivity index (χ3n) is 5.34. The van der Waals surface area contributed by atoms with Crippen LogP contribution in [0.4, 0.5) is 0 Å². The molecule has 1 aliphatic rings. The van der Waals surface area contributed by atoms with Gasteiger partial charge < -0.3 is 15.1 Å². The van der Waals surface area contributed by atoms with E-state index in [1.54, 1.807) is 0 Å². The van der Waals surface area contributed by atoms with Gasteiger partial charge in [-0.25, -0.2) is 0 Å². The maximum Gasteiger partial charge on any atom is 0.193 e. The van der Waals surface area contributed by atoms with Gasteiger partial charge in [-0.2, -0.15) is 5.10 Å². The quantitative estimate of drug-likeness (QED) is 0.267. The van der Waals surface area contributed by atoms with Crippen molar-refractivity contribution in [1.82, 2.24) is 24.9 Å². The minimum absolute atomic E-state index is 0. The van der Waals surface area contributed by atoms with Gasteiger partial charge in [0.2, 0.25) is 0 Å². The molecular weight excluding hydrogens is 463 g/mol. The average molecular weight is 505 g/mol. The molecule has 0 radical (unpaired) electrons. The van der Waals surface area contributed by atoms with Crippen LogP contribution in [0.1, 0.15) is 57.7 Å². The molecule has 6 nitrogen and oxygen atoms in total. The highest BCUT2D eigenvalue weighted by molar-refractivity contribution is 14.0. The molecule has 1 aromatic heterocycles. The molecule has 7 heteroatoms. The van der Waals surface area contributed by atoms with Crippen molar-refractivity contribution in [2.24, 2.45) is 23.9 Å². The molecule has 0 aliphatic carbocycles. The van der Waals surface area contributed by atoms with E-state index in [1.807, 2.05) is 18.8 Å². The third kappa shape index (κ3) is 7.54. The fourth-order valence-corrected chi connectivity index (χ4v) is 4.36. The molecule has 2 unspecified atom stereocenters. The van der Waals surface area contributed by atoms with Gasteiger partial charge in [0.1, 0.15) is 0 Å². The Morgan fingerprint density at radius 2 is 1.96 bits per heavy atom. The normalized spacial score (nSPS) is 20.9. The summed E-state index contributed by atoms with van der Waals surface area (Å²) in [4.78, 5) is 9.28. The SMILES string of the molecule is CN=C(NCCCN1CC(C)CC(C)C1)N(C)Cc1cn(C)nc1C(C)C.I. The zero-order chi connectivity index (χ0) is 20.0. The number of rotatable bonds is 7. The van der Waals surface area contributed by atoms with E-state index in [0.29, 0.717) is 5.92 Å². The van der Waals surface area contributed by atoms with E-state index in [-0.39, 0.29) is 24.0 Å². The molecule has 2 atom stereocenters. The first kappa shape index (κ1) is 25.2. The Balaban J connectivity index is 0.00000392. The van der Waals surface area contributed by atoms with Crippen LogP contribution in [-0.4, -0.2) is 65.8 Å². The first-order chi connectivity index (χ1) is 12.8. The Kier molecular flexibility index (Phi) is 10.8. The Morgan fingerprint density at radius 1 is 1.32 bits per heavy atom. The van der Waals surface area contributed by atoms with E-state index in [9.17, 15) is 0 Å². The second kappa shape index (κ2) is 12.0. The van der Waals surface area contributed by atoms with Gasteiger partial charge in [0.15, 0.2) is 5.96 Å². The molecule has 0 spiro atoms. The van der Waals surface area contributed by atoms with Crippen molar-refractivity contribution in [3.05, 3.63) is 17.5 Å². The number of hydrogen-bond donors (Lipinski definition) is 1. The summed E-state index contributed by atoms with van der Waals surface area (Å²) in [6.07, 6.45) is 4.65. The number of nitrogens with zero attached hydrogens (tertiary/aromatic N) is 5. The van der Waals surface area contributed by atoms with Crippen molar-refractivity contribution >= 4 is 29.9 Å². The van der Waals surface area contributed by atoms with Crippen LogP contribution in [0.25, 0.3) is 0 Å². The Bertz CT molecular complexity index is 602. The molecule has 0 amide bonds. The number of aliphatic imine (C=N–C) groups is 1. The molecule has 1 saturated heterocycles. The number of halogens is 1. The lowest BCUT2D eigenvalue weighted by atomic mass is 9.92. The molecule has 1 N–H and O–H groups in total. The summed E-state index contributed by atoms with van der Waals surface area (Å²) < 4.78 is 1.91. The molecule has 162 valence electrons. The monoisotopic (exact) mass is 504 g/mol. The highest BCUT2D eigenvalue weighted by Crippen LogP contribution is 2.21. The Labute approximate surface area is 189 Å². The summed E-state index contributed by atoms with van der Waals surface area (Å²) >= 11 is 0. The molecule has 1 aliphatic heterocycles. The molecule has 2 heterocycles. The second-order valence-electron chi connectivity index (χ2n) is 8.76. The standard InChI is InChI=1S/C21H40N6.HI/c1-16(2)20-19(15-26(7)24-20)14-25(6)21(22-5)23-9-8-10-27-12-17(3)11-18(4)13-27;/h15-18H,8-14H2,1-7H3,(H,22,23);1H. The largest absolute Gasteiger partial charge is 0.356 e. The Hall–Kier alpha value is -0.830. The molecule has 0 aromatic carbocycles. The van der Waals surface area contributed by atoms with Gasteiger partial charge in [0, 0.05) is 59.1 Å². The fraction of sp³-hybridized carbons (Fsp3) is 0.810. The summed E-state index contributed by atoms with van der Waals surface area (Å²) in [5, 5.41) is 8.14. The number of likely N-dealkylation sites (tertiary alicyclic amines) is 1. The van der Waals surface area contributed by atoms with Gasteiger partial charge in [-0.3, -0.25) is 9.67 Å². The van der Waals surface area contributed by atoms with Crippen LogP contribution in [-0.2, 0) is 13.6 Å². The van der Waals surface area contributed by atoms with Crippen molar-refractivity contribution in [1.29, 1.82) is 0 Å². The fourth-order valence-electron chi connectivity index (χ4n) is 4.36. The predicted molar refractivity (Wildman–Crippen MR) is 130 cm³/mol. The van der Waals surface area contributed by atoms with Crippen LogP contribution in [0.5, 0.6) is 0 Å². The van der Waals surface area contributed by atoms with E-state index in [2.05, 4.69) is 66.1 Å². The summed E-state index contributed by atoms with van der Waals surface area (Å²) in [6.45, 7) is 14.6. The average Bonchev–Trinajstić information content (AvgIpc) is 2.94. The van der Waals surface area contributed by atoms with Crippen LogP contribution in [0, 0.1) is 11.8 Å². The minimum Gasteiger partial charge on any atom is -0.356 e. The number of nitrogens with one attached hydrogen (secondary N) is 1. The van der Waals surface area contributed by atoms with Gasteiger partial charge >= 0.3 is 0 Å². The van der Waals surface area contributed by atoms with E-state index >= 15 is 0 Å². The molecular formula is C21H41IN6. The smallest absolute Gasteiger partial charge is 0.193 e. The second-order valence-corrected chi connectivity index (χ2v) is 8.76. The molecule has 2 rings (SSSR count). The zero-order valence-electron chi connectivity index (χ0n) is 18.9. The first-order valence-corrected chi connectivity index (χ1v) is 10.5. The number of aromatic nitrogens is 2. The summed E-state index contributed by atoms with van der Waals surface area (Å²) in [7, 11) is 5.95. The third-order valence-corrected chi connectivity index (χ3v) is 5.34. The number of hydrogen-bond acceptors (Lipinski definition) is 3. The highest BCUT2D eigenvalue weighted by Gasteiger charge is 2.21. The van der Waals surface area contributed by atoms with E-state index in [0.717, 1.165) is 37.3 Å². The molecule has 0 saturated carbocycles. The Morgan fingerprint density at radius 3 is 2.54 bits per heavy atom. The molecule has 1 aromatic rings. The van der Waals surface area contributed by atoms with Crippen molar-refractivity contribution in [3.8, 4) is 0 Å². The summed E-state index contributed by atoms with van der Waals surface area (Å²) in [5.74, 6) is 3.04. The van der Waals surface area contributed by atoms with Gasteiger partial charge in [0.05, 0.1) is 5.69 Å². The maximum absolute atomic E-state index is 4.61. The van der Waals surface area contributed by atoms with Gasteiger partial charge in [-0.05, 0) is 37.1 Å². The molecule has 28 heavy (non-hydrogen) atoms. The zero-order valence-corrected chi connectivity index (χ0v) is 21.2. The topological polar surface area (TPSA) is 48.7 Å². The van der Waals surface area contributed by atoms with Crippen LogP contribution in [0.2, 0.25) is 0 Å². The minimum atomic E-state index is 0. The van der Waals surface area contributed by atoms with Gasteiger partial charge in [0.25, 0.3) is 0 Å². The van der Waals surface area contributed by atoms with Crippen molar-refractivity contribution < 1.29 is 0 Å². The highest BCUT2D eigenvalue weighted by atomic mass is 127. The lowest BCUT2D eigenvalue weighted by molar-refractivity contribution is 0.140. The van der Waals surface area contributed by atoms with Gasteiger partial charge in [-0.1, -0.05) is 27.7 Å². The lowest BCUT2D eigenvalue weighted by Gasteiger charge is -2.35. The summed E-state index contributed by atoms with van der Waals surface area (Å²) in [6, 6.07) is 0. The van der Waals surface area contributed by atoms with E-state index in [4.69, 9.17) is 0 Å².